The Bertz CT molecular complexity index is 441. The highest BCUT2D eigenvalue weighted by molar-refractivity contribution is 5.76. The van der Waals surface area contributed by atoms with Gasteiger partial charge in [-0.2, -0.15) is 0 Å². The predicted octanol–water partition coefficient (Wildman–Crippen LogP) is 1.21. The first kappa shape index (κ1) is 15.8. The molecule has 0 spiro atoms. The minimum atomic E-state index is 0.0659. The van der Waals surface area contributed by atoms with E-state index < -0.39 is 0 Å². The lowest BCUT2D eigenvalue weighted by Crippen LogP contribution is -2.45. The first-order valence-electron chi connectivity index (χ1n) is 7.52. The number of morpholine rings is 1. The standard InChI is InChI=1S/C16H24N2O3/c1-12(2-3-13-4-6-15(19)7-5-13)18-16(20)10-14-11-21-9-8-17-14/h4-7,12,14,17,19H,2-3,8-11H2,1H3,(H,18,20). The summed E-state index contributed by atoms with van der Waals surface area (Å²) < 4.78 is 5.34. The summed E-state index contributed by atoms with van der Waals surface area (Å²) in [4.78, 5) is 11.9. The van der Waals surface area contributed by atoms with Gasteiger partial charge in [0.25, 0.3) is 0 Å². The Hall–Kier alpha value is -1.59. The molecule has 0 saturated carbocycles. The van der Waals surface area contributed by atoms with Crippen LogP contribution in [0, 0.1) is 0 Å². The second-order valence-electron chi connectivity index (χ2n) is 5.60. The van der Waals surface area contributed by atoms with Crippen LogP contribution in [0.5, 0.6) is 5.75 Å². The van der Waals surface area contributed by atoms with Crippen LogP contribution in [-0.4, -0.2) is 42.9 Å². The summed E-state index contributed by atoms with van der Waals surface area (Å²) in [6, 6.07) is 7.46. The molecular formula is C16H24N2O3. The van der Waals surface area contributed by atoms with Crippen LogP contribution < -0.4 is 10.6 Å². The third kappa shape index (κ3) is 5.73. The maximum atomic E-state index is 11.9. The van der Waals surface area contributed by atoms with Gasteiger partial charge in [0.05, 0.1) is 13.2 Å². The summed E-state index contributed by atoms with van der Waals surface area (Å²) >= 11 is 0. The van der Waals surface area contributed by atoms with Crippen molar-refractivity contribution in [2.45, 2.75) is 38.3 Å². The zero-order valence-corrected chi connectivity index (χ0v) is 12.5. The fourth-order valence-electron chi connectivity index (χ4n) is 2.43. The lowest BCUT2D eigenvalue weighted by Gasteiger charge is -2.24. The zero-order valence-electron chi connectivity index (χ0n) is 12.5. The van der Waals surface area contributed by atoms with Crippen molar-refractivity contribution < 1.29 is 14.6 Å². The third-order valence-electron chi connectivity index (χ3n) is 3.64. The normalized spacial score (nSPS) is 20.0. The van der Waals surface area contributed by atoms with Crippen LogP contribution in [0.15, 0.2) is 24.3 Å². The van der Waals surface area contributed by atoms with E-state index in [4.69, 9.17) is 4.74 Å². The highest BCUT2D eigenvalue weighted by Crippen LogP contribution is 2.12. The number of hydrogen-bond acceptors (Lipinski definition) is 4. The molecule has 0 bridgehead atoms. The first-order valence-corrected chi connectivity index (χ1v) is 7.52. The Morgan fingerprint density at radius 3 is 2.90 bits per heavy atom. The van der Waals surface area contributed by atoms with Crippen molar-refractivity contribution in [1.29, 1.82) is 0 Å². The molecular weight excluding hydrogens is 268 g/mol. The fraction of sp³-hybridized carbons (Fsp3) is 0.562. The van der Waals surface area contributed by atoms with E-state index in [0.717, 1.165) is 31.6 Å². The number of carbonyl (C=O) groups is 1. The van der Waals surface area contributed by atoms with E-state index in [-0.39, 0.29) is 23.7 Å². The van der Waals surface area contributed by atoms with E-state index >= 15 is 0 Å². The molecule has 1 aromatic rings. The highest BCUT2D eigenvalue weighted by atomic mass is 16.5. The predicted molar refractivity (Wildman–Crippen MR) is 81.3 cm³/mol. The van der Waals surface area contributed by atoms with Crippen LogP contribution in [-0.2, 0) is 16.0 Å². The van der Waals surface area contributed by atoms with Gasteiger partial charge in [-0.15, -0.1) is 0 Å². The lowest BCUT2D eigenvalue weighted by atomic mass is 10.1. The number of phenolic OH excluding ortho intramolecular Hbond substituents is 1. The zero-order chi connectivity index (χ0) is 15.1. The van der Waals surface area contributed by atoms with E-state index in [1.165, 1.54) is 0 Å². The van der Waals surface area contributed by atoms with Gasteiger partial charge < -0.3 is 20.5 Å². The number of aromatic hydroxyl groups is 1. The average molecular weight is 292 g/mol. The number of phenols is 1. The van der Waals surface area contributed by atoms with E-state index in [0.29, 0.717) is 13.0 Å². The molecule has 0 aromatic heterocycles. The van der Waals surface area contributed by atoms with Crippen molar-refractivity contribution in [3.63, 3.8) is 0 Å². The van der Waals surface area contributed by atoms with Gasteiger partial charge in [0.15, 0.2) is 0 Å². The van der Waals surface area contributed by atoms with Crippen molar-refractivity contribution in [2.24, 2.45) is 0 Å². The number of carbonyl (C=O) groups excluding carboxylic acids is 1. The molecule has 1 aromatic carbocycles. The van der Waals surface area contributed by atoms with E-state index in [9.17, 15) is 9.90 Å². The number of rotatable bonds is 6. The number of hydrogen-bond donors (Lipinski definition) is 3. The van der Waals surface area contributed by atoms with Gasteiger partial charge in [-0.3, -0.25) is 4.79 Å². The Morgan fingerprint density at radius 1 is 1.48 bits per heavy atom. The van der Waals surface area contributed by atoms with Crippen molar-refractivity contribution >= 4 is 5.91 Å². The van der Waals surface area contributed by atoms with E-state index in [1.807, 2.05) is 19.1 Å². The number of aryl methyl sites for hydroxylation is 1. The molecule has 3 N–H and O–H groups in total. The quantitative estimate of drug-likeness (QED) is 0.737. The number of benzene rings is 1. The maximum Gasteiger partial charge on any atom is 0.221 e. The number of amides is 1. The molecule has 1 fully saturated rings. The molecule has 116 valence electrons. The Morgan fingerprint density at radius 2 is 2.24 bits per heavy atom. The second-order valence-corrected chi connectivity index (χ2v) is 5.60. The average Bonchev–Trinajstić information content (AvgIpc) is 2.47. The summed E-state index contributed by atoms with van der Waals surface area (Å²) in [7, 11) is 0. The molecule has 5 nitrogen and oxygen atoms in total. The van der Waals surface area contributed by atoms with Crippen LogP contribution in [0.3, 0.4) is 0 Å². The number of nitrogens with one attached hydrogen (secondary N) is 2. The molecule has 0 aliphatic carbocycles. The highest BCUT2D eigenvalue weighted by Gasteiger charge is 2.17. The van der Waals surface area contributed by atoms with Gasteiger partial charge in [0, 0.05) is 25.0 Å². The monoisotopic (exact) mass is 292 g/mol. The Balaban J connectivity index is 1.67. The summed E-state index contributed by atoms with van der Waals surface area (Å²) in [6.45, 7) is 4.16. The SMILES string of the molecule is CC(CCc1ccc(O)cc1)NC(=O)CC1COCCN1. The molecule has 0 radical (unpaired) electrons. The van der Waals surface area contributed by atoms with Crippen molar-refractivity contribution in [2.75, 3.05) is 19.8 Å². The van der Waals surface area contributed by atoms with Crippen LogP contribution in [0.1, 0.15) is 25.3 Å². The van der Waals surface area contributed by atoms with Crippen LogP contribution in [0.2, 0.25) is 0 Å². The molecule has 5 heteroatoms. The largest absolute Gasteiger partial charge is 0.508 e. The molecule has 1 aliphatic rings. The van der Waals surface area contributed by atoms with Gasteiger partial charge in [-0.1, -0.05) is 12.1 Å². The summed E-state index contributed by atoms with van der Waals surface area (Å²) in [5.41, 5.74) is 1.16. The van der Waals surface area contributed by atoms with Crippen molar-refractivity contribution in [3.8, 4) is 5.75 Å². The smallest absolute Gasteiger partial charge is 0.221 e. The van der Waals surface area contributed by atoms with Gasteiger partial charge in [0.2, 0.25) is 5.91 Å². The molecule has 2 rings (SSSR count). The van der Waals surface area contributed by atoms with Gasteiger partial charge in [-0.25, -0.2) is 0 Å². The minimum Gasteiger partial charge on any atom is -0.508 e. The second kappa shape index (κ2) is 8.00. The summed E-state index contributed by atoms with van der Waals surface area (Å²) in [5, 5.41) is 15.5. The lowest BCUT2D eigenvalue weighted by molar-refractivity contribution is -0.122. The van der Waals surface area contributed by atoms with E-state index in [1.54, 1.807) is 12.1 Å². The maximum absolute atomic E-state index is 11.9. The van der Waals surface area contributed by atoms with Crippen LogP contribution in [0.4, 0.5) is 0 Å². The van der Waals surface area contributed by atoms with Gasteiger partial charge in [-0.05, 0) is 37.5 Å². The Labute approximate surface area is 125 Å². The van der Waals surface area contributed by atoms with Crippen LogP contribution in [0.25, 0.3) is 0 Å². The summed E-state index contributed by atoms with van der Waals surface area (Å²) in [5.74, 6) is 0.346. The van der Waals surface area contributed by atoms with E-state index in [2.05, 4.69) is 10.6 Å². The molecule has 1 heterocycles. The van der Waals surface area contributed by atoms with Gasteiger partial charge in [0.1, 0.15) is 5.75 Å². The third-order valence-corrected chi connectivity index (χ3v) is 3.64. The van der Waals surface area contributed by atoms with Crippen LogP contribution >= 0.6 is 0 Å². The Kier molecular flexibility index (Phi) is 6.02. The molecule has 1 aliphatic heterocycles. The first-order chi connectivity index (χ1) is 10.1. The minimum absolute atomic E-state index is 0.0659. The van der Waals surface area contributed by atoms with Crippen molar-refractivity contribution in [3.05, 3.63) is 29.8 Å². The topological polar surface area (TPSA) is 70.6 Å². The van der Waals surface area contributed by atoms with Crippen molar-refractivity contribution in [1.82, 2.24) is 10.6 Å². The summed E-state index contributed by atoms with van der Waals surface area (Å²) in [6.07, 6.45) is 2.22. The fourth-order valence-corrected chi connectivity index (χ4v) is 2.43. The molecule has 2 unspecified atom stereocenters. The molecule has 1 amide bonds. The van der Waals surface area contributed by atoms with Gasteiger partial charge >= 0.3 is 0 Å². The number of ether oxygens (including phenoxy) is 1. The molecule has 2 atom stereocenters. The molecule has 21 heavy (non-hydrogen) atoms. The molecule has 1 saturated heterocycles.